The van der Waals surface area contributed by atoms with Crippen molar-refractivity contribution in [2.24, 2.45) is 5.73 Å². The summed E-state index contributed by atoms with van der Waals surface area (Å²) in [5, 5.41) is 0. The highest BCUT2D eigenvalue weighted by Crippen LogP contribution is 2.39. The molecule has 1 aliphatic rings. The van der Waals surface area contributed by atoms with Gasteiger partial charge in [0, 0.05) is 64.9 Å². The summed E-state index contributed by atoms with van der Waals surface area (Å²) in [6.07, 6.45) is 2.89. The number of carbonyl (C=O) groups is 4. The number of para-hydroxylation sites is 1. The smallest absolute Gasteiger partial charge is 0.289 e. The number of methoxy groups -OCH3 is 1. The Morgan fingerprint density at radius 3 is 2.28 bits per heavy atom. The van der Waals surface area contributed by atoms with E-state index in [1.54, 1.807) is 57.5 Å². The van der Waals surface area contributed by atoms with Gasteiger partial charge in [0.15, 0.2) is 5.82 Å². The van der Waals surface area contributed by atoms with Crippen LogP contribution in [0.3, 0.4) is 0 Å². The number of likely N-dealkylation sites (N-methyl/N-ethyl adjacent to an activating group) is 1. The molecule has 0 radical (unpaired) electrons. The van der Waals surface area contributed by atoms with Crippen LogP contribution in [0.1, 0.15) is 62.6 Å². The molecule has 286 valence electrons. The van der Waals surface area contributed by atoms with Crippen LogP contribution in [-0.4, -0.2) is 116 Å². The largest absolute Gasteiger partial charge is 0.495 e. The highest BCUT2D eigenvalue weighted by molar-refractivity contribution is 6.15. The Morgan fingerprint density at radius 1 is 0.906 bits per heavy atom. The van der Waals surface area contributed by atoms with Crippen molar-refractivity contribution < 1.29 is 28.7 Å². The first-order chi connectivity index (χ1) is 24.4. The summed E-state index contributed by atoms with van der Waals surface area (Å²) < 4.78 is 11.9. The lowest BCUT2D eigenvalue weighted by molar-refractivity contribution is -0.132. The number of rotatable bonds is 13. The number of hydrogen-bond donors (Lipinski definition) is 2. The summed E-state index contributed by atoms with van der Waals surface area (Å²) in [5.74, 6) is -0.609. The van der Waals surface area contributed by atoms with Crippen molar-refractivity contribution in [2.75, 3.05) is 73.0 Å². The fourth-order valence-electron chi connectivity index (χ4n) is 6.25. The Balaban J connectivity index is 0.00000378. The number of nitrogens with zero attached hydrogens (tertiary/aromatic N) is 5. The third-order valence-corrected chi connectivity index (χ3v) is 9.18. The van der Waals surface area contributed by atoms with E-state index < -0.39 is 11.8 Å². The Kier molecular flexibility index (Phi) is 15.1. The number of unbranched alkanes of at least 4 members (excludes halogenated alkanes) is 2. The lowest BCUT2D eigenvalue weighted by Crippen LogP contribution is -2.47. The topological polar surface area (TPSA) is 154 Å². The maximum absolute atomic E-state index is 14.1. The van der Waals surface area contributed by atoms with Crippen molar-refractivity contribution >= 4 is 65.2 Å². The number of hydrogen-bond acceptors (Lipinski definition) is 8. The molecule has 1 aliphatic heterocycles. The van der Waals surface area contributed by atoms with Gasteiger partial charge in [0.1, 0.15) is 11.5 Å². The summed E-state index contributed by atoms with van der Waals surface area (Å²) in [5.41, 5.74) is 9.55. The minimum Gasteiger partial charge on any atom is -0.495 e. The standard InChI is InChI=1S/C38H47N7O6.2ClH/c1-24-14-17-29(30(23-24)51-22-9-7-8-13-31(46)45-20-18-43(4)19-21-45)44(5)37(48)27-16-15-26(34(50-6)32(27)35(39)47)25-11-10-12-28-33(25)41-36(40-28)38(49)42(2)3;;/h10-12,14-17,23H,7-9,13,18-22H2,1-6H3,(H2,39,47)(H,40,41);2*1H. The van der Waals surface area contributed by atoms with E-state index in [1.165, 1.54) is 16.9 Å². The number of amides is 4. The number of halogens is 2. The van der Waals surface area contributed by atoms with E-state index in [1.807, 2.05) is 24.0 Å². The molecule has 1 aromatic heterocycles. The molecule has 0 atom stereocenters. The van der Waals surface area contributed by atoms with Gasteiger partial charge in [-0.05, 0) is 69.1 Å². The number of aromatic amines is 1. The molecule has 0 spiro atoms. The van der Waals surface area contributed by atoms with Crippen molar-refractivity contribution in [2.45, 2.75) is 32.6 Å². The zero-order valence-corrected chi connectivity index (χ0v) is 32.7. The first kappa shape index (κ1) is 42.6. The van der Waals surface area contributed by atoms with Crippen molar-refractivity contribution in [1.29, 1.82) is 0 Å². The molecule has 4 aromatic rings. The number of ether oxygens (including phenoxy) is 2. The zero-order valence-electron chi connectivity index (χ0n) is 31.1. The van der Waals surface area contributed by atoms with Crippen LogP contribution in [0.15, 0.2) is 48.5 Å². The molecule has 0 unspecified atom stereocenters. The first-order valence-corrected chi connectivity index (χ1v) is 17.1. The molecule has 0 aliphatic carbocycles. The SMILES string of the molecule is COc1c(-c2cccc3[nH]c(C(=O)N(C)C)nc23)ccc(C(=O)N(C)c2ccc(C)cc2OCCCCCC(=O)N2CCN(C)CC2)c1C(N)=O.Cl.Cl. The zero-order chi connectivity index (χ0) is 36.8. The third kappa shape index (κ3) is 9.58. The fraction of sp³-hybridized carbons (Fsp3) is 0.395. The van der Waals surface area contributed by atoms with Gasteiger partial charge in [-0.25, -0.2) is 4.98 Å². The number of piperazine rings is 1. The van der Waals surface area contributed by atoms with Gasteiger partial charge in [0.25, 0.3) is 17.7 Å². The van der Waals surface area contributed by atoms with Crippen LogP contribution in [0.5, 0.6) is 11.5 Å². The van der Waals surface area contributed by atoms with Crippen molar-refractivity contribution in [1.82, 2.24) is 24.7 Å². The van der Waals surface area contributed by atoms with Gasteiger partial charge in [0.2, 0.25) is 5.91 Å². The second-order valence-corrected chi connectivity index (χ2v) is 13.1. The second-order valence-electron chi connectivity index (χ2n) is 13.1. The van der Waals surface area contributed by atoms with E-state index in [0.717, 1.165) is 51.0 Å². The molecule has 2 heterocycles. The predicted molar refractivity (Wildman–Crippen MR) is 211 cm³/mol. The van der Waals surface area contributed by atoms with E-state index in [-0.39, 0.29) is 59.3 Å². The third-order valence-electron chi connectivity index (χ3n) is 9.18. The first-order valence-electron chi connectivity index (χ1n) is 17.1. The number of primary amides is 1. The molecule has 4 amide bonds. The average molecular weight is 771 g/mol. The summed E-state index contributed by atoms with van der Waals surface area (Å²) in [7, 11) is 8.37. The van der Waals surface area contributed by atoms with E-state index in [0.29, 0.717) is 46.6 Å². The number of imidazole rings is 1. The molecule has 13 nitrogen and oxygen atoms in total. The maximum Gasteiger partial charge on any atom is 0.289 e. The van der Waals surface area contributed by atoms with Crippen LogP contribution in [0.4, 0.5) is 5.69 Å². The lowest BCUT2D eigenvalue weighted by Gasteiger charge is -2.32. The number of H-pyrrole nitrogens is 1. The summed E-state index contributed by atoms with van der Waals surface area (Å²) in [6, 6.07) is 14.2. The van der Waals surface area contributed by atoms with Gasteiger partial charge < -0.3 is 39.8 Å². The molecule has 15 heteroatoms. The molecule has 53 heavy (non-hydrogen) atoms. The van der Waals surface area contributed by atoms with Crippen molar-refractivity contribution in [3.05, 3.63) is 71.0 Å². The molecule has 0 bridgehead atoms. The number of carbonyl (C=O) groups excluding carboxylic acids is 4. The molecule has 1 fully saturated rings. The molecular weight excluding hydrogens is 721 g/mol. The van der Waals surface area contributed by atoms with E-state index in [4.69, 9.17) is 15.2 Å². The number of aromatic nitrogens is 2. The summed E-state index contributed by atoms with van der Waals surface area (Å²) in [4.78, 5) is 67.0. The molecule has 3 N–H and O–H groups in total. The van der Waals surface area contributed by atoms with Crippen LogP contribution in [0.2, 0.25) is 0 Å². The van der Waals surface area contributed by atoms with Gasteiger partial charge in [-0.1, -0.05) is 18.2 Å². The molecule has 5 rings (SSSR count). The lowest BCUT2D eigenvalue weighted by atomic mass is 9.95. The Hall–Kier alpha value is -4.85. The molecule has 0 saturated carbocycles. The van der Waals surface area contributed by atoms with Crippen LogP contribution in [-0.2, 0) is 4.79 Å². The second kappa shape index (κ2) is 18.8. The predicted octanol–water partition coefficient (Wildman–Crippen LogP) is 5.18. The number of nitrogens with one attached hydrogen (secondary N) is 1. The Labute approximate surface area is 322 Å². The van der Waals surface area contributed by atoms with E-state index in [2.05, 4.69) is 21.9 Å². The highest BCUT2D eigenvalue weighted by atomic mass is 35.5. The van der Waals surface area contributed by atoms with Gasteiger partial charge in [-0.3, -0.25) is 19.2 Å². The summed E-state index contributed by atoms with van der Waals surface area (Å²) in [6.45, 7) is 5.72. The Bertz CT molecular complexity index is 1940. The van der Waals surface area contributed by atoms with E-state index in [9.17, 15) is 19.2 Å². The minimum atomic E-state index is -0.838. The molecular formula is C38H49Cl2N7O6. The highest BCUT2D eigenvalue weighted by Gasteiger charge is 2.28. The van der Waals surface area contributed by atoms with Crippen LogP contribution >= 0.6 is 24.8 Å². The van der Waals surface area contributed by atoms with Crippen molar-refractivity contribution in [3.63, 3.8) is 0 Å². The molecule has 1 saturated heterocycles. The van der Waals surface area contributed by atoms with Gasteiger partial charge in [0.05, 0.1) is 41.6 Å². The van der Waals surface area contributed by atoms with Gasteiger partial charge >= 0.3 is 0 Å². The monoisotopic (exact) mass is 769 g/mol. The Morgan fingerprint density at radius 2 is 1.62 bits per heavy atom. The van der Waals surface area contributed by atoms with Crippen LogP contribution in [0, 0.1) is 6.92 Å². The average Bonchev–Trinajstić information content (AvgIpc) is 3.56. The molecule has 3 aromatic carbocycles. The number of anilines is 1. The van der Waals surface area contributed by atoms with Crippen LogP contribution < -0.4 is 20.1 Å². The van der Waals surface area contributed by atoms with Gasteiger partial charge in [-0.2, -0.15) is 0 Å². The van der Waals surface area contributed by atoms with Crippen LogP contribution in [0.25, 0.3) is 22.2 Å². The quantitative estimate of drug-likeness (QED) is 0.177. The fourth-order valence-corrected chi connectivity index (χ4v) is 6.25. The number of aryl methyl sites for hydroxylation is 1. The number of fused-ring (bicyclic) bond motifs is 1. The number of benzene rings is 3. The minimum absolute atomic E-state index is 0. The summed E-state index contributed by atoms with van der Waals surface area (Å²) >= 11 is 0. The number of nitrogens with two attached hydrogens (primary N) is 1. The van der Waals surface area contributed by atoms with Crippen molar-refractivity contribution in [3.8, 4) is 22.6 Å². The normalized spacial score (nSPS) is 12.8. The van der Waals surface area contributed by atoms with E-state index >= 15 is 0 Å². The van der Waals surface area contributed by atoms with Gasteiger partial charge in [-0.15, -0.1) is 24.8 Å². The maximum atomic E-state index is 14.1.